The Morgan fingerprint density at radius 3 is 2.66 bits per heavy atom. The van der Waals surface area contributed by atoms with Gasteiger partial charge in [-0.25, -0.2) is 4.98 Å². The Morgan fingerprint density at radius 2 is 1.97 bits per heavy atom. The summed E-state index contributed by atoms with van der Waals surface area (Å²) in [6, 6.07) is 7.39. The normalized spacial score (nSPS) is 10.9. The van der Waals surface area contributed by atoms with Gasteiger partial charge in [0.05, 0.1) is 37.4 Å². The summed E-state index contributed by atoms with van der Waals surface area (Å²) < 4.78 is 10.5. The Morgan fingerprint density at radius 1 is 1.14 bits per heavy atom. The minimum absolute atomic E-state index is 0.287. The summed E-state index contributed by atoms with van der Waals surface area (Å²) in [6.07, 6.45) is 1.60. The van der Waals surface area contributed by atoms with Gasteiger partial charge in [0.2, 0.25) is 11.8 Å². The molecule has 29 heavy (non-hydrogen) atoms. The van der Waals surface area contributed by atoms with Crippen LogP contribution in [0, 0.1) is 13.8 Å². The highest BCUT2D eigenvalue weighted by Gasteiger charge is 2.16. The number of amides is 1. The third kappa shape index (κ3) is 3.38. The number of H-pyrrole nitrogens is 2. The molecule has 9 nitrogen and oxygen atoms in total. The quantitative estimate of drug-likeness (QED) is 0.480. The predicted molar refractivity (Wildman–Crippen MR) is 108 cm³/mol. The second-order valence-corrected chi connectivity index (χ2v) is 6.53. The zero-order chi connectivity index (χ0) is 20.5. The van der Waals surface area contributed by atoms with Gasteiger partial charge in [-0.15, -0.1) is 0 Å². The molecule has 3 N–H and O–H groups in total. The van der Waals surface area contributed by atoms with Crippen molar-refractivity contribution in [3.05, 3.63) is 47.4 Å². The van der Waals surface area contributed by atoms with Crippen LogP contribution in [0.2, 0.25) is 0 Å². The number of anilines is 1. The fourth-order valence-electron chi connectivity index (χ4n) is 3.02. The van der Waals surface area contributed by atoms with Gasteiger partial charge in [0.25, 0.3) is 5.91 Å². The van der Waals surface area contributed by atoms with Crippen LogP contribution < -0.4 is 14.8 Å². The highest BCUT2D eigenvalue weighted by atomic mass is 16.5. The zero-order valence-electron chi connectivity index (χ0n) is 16.5. The van der Waals surface area contributed by atoms with Crippen molar-refractivity contribution >= 4 is 22.6 Å². The van der Waals surface area contributed by atoms with Gasteiger partial charge >= 0.3 is 0 Å². The first-order valence-electron chi connectivity index (χ1n) is 8.91. The number of aromatic nitrogens is 5. The molecule has 0 aromatic carbocycles. The number of fused-ring (bicyclic) bond motifs is 1. The van der Waals surface area contributed by atoms with Gasteiger partial charge in [-0.1, -0.05) is 0 Å². The second kappa shape index (κ2) is 7.27. The lowest BCUT2D eigenvalue weighted by Gasteiger charge is -2.07. The Hall–Kier alpha value is -3.88. The minimum atomic E-state index is -0.287. The van der Waals surface area contributed by atoms with E-state index in [2.05, 4.69) is 30.5 Å². The van der Waals surface area contributed by atoms with Crippen molar-refractivity contribution in [2.24, 2.45) is 0 Å². The van der Waals surface area contributed by atoms with Crippen molar-refractivity contribution in [3.8, 4) is 23.0 Å². The van der Waals surface area contributed by atoms with E-state index in [1.54, 1.807) is 26.5 Å². The SMILES string of the molecule is COc1ccc(-c2cc3cc(NC(=O)c4n[nH]c(C)c4C)cnc3[nH]2)c(OC)n1. The van der Waals surface area contributed by atoms with Gasteiger partial charge < -0.3 is 19.8 Å². The van der Waals surface area contributed by atoms with Crippen molar-refractivity contribution in [1.29, 1.82) is 0 Å². The standard InChI is InChI=1S/C20H20N6O3/c1-10-11(2)25-26-17(10)19(27)22-13-7-12-8-15(23-18(12)21-9-13)14-5-6-16(28-3)24-20(14)29-4/h5-9H,1-4H3,(H,21,23)(H,22,27)(H,25,26). The van der Waals surface area contributed by atoms with Crippen molar-refractivity contribution in [1.82, 2.24) is 25.1 Å². The van der Waals surface area contributed by atoms with E-state index in [0.29, 0.717) is 28.8 Å². The number of carbonyl (C=O) groups excluding carboxylic acids is 1. The van der Waals surface area contributed by atoms with E-state index in [-0.39, 0.29) is 5.91 Å². The van der Waals surface area contributed by atoms with Crippen molar-refractivity contribution < 1.29 is 14.3 Å². The Balaban J connectivity index is 1.65. The minimum Gasteiger partial charge on any atom is -0.481 e. The number of hydrogen-bond acceptors (Lipinski definition) is 6. The van der Waals surface area contributed by atoms with E-state index in [4.69, 9.17) is 9.47 Å². The maximum atomic E-state index is 12.5. The molecule has 0 saturated heterocycles. The average molecular weight is 392 g/mol. The van der Waals surface area contributed by atoms with E-state index >= 15 is 0 Å². The van der Waals surface area contributed by atoms with Crippen LogP contribution in [-0.4, -0.2) is 45.3 Å². The molecule has 4 aromatic heterocycles. The first-order chi connectivity index (χ1) is 14.0. The molecule has 0 spiro atoms. The zero-order valence-corrected chi connectivity index (χ0v) is 16.5. The molecule has 9 heteroatoms. The monoisotopic (exact) mass is 392 g/mol. The summed E-state index contributed by atoms with van der Waals surface area (Å²) in [5.74, 6) is 0.618. The van der Waals surface area contributed by atoms with Crippen LogP contribution in [-0.2, 0) is 0 Å². The number of methoxy groups -OCH3 is 2. The number of aryl methyl sites for hydroxylation is 1. The van der Waals surface area contributed by atoms with Crippen LogP contribution >= 0.6 is 0 Å². The predicted octanol–water partition coefficient (Wildman–Crippen LogP) is 3.23. The summed E-state index contributed by atoms with van der Waals surface area (Å²) in [7, 11) is 3.11. The molecule has 0 aliphatic heterocycles. The van der Waals surface area contributed by atoms with Crippen LogP contribution in [0.15, 0.2) is 30.5 Å². The molecule has 4 rings (SSSR count). The Bertz CT molecular complexity index is 1210. The Labute approximate surface area is 166 Å². The molecular formula is C20H20N6O3. The van der Waals surface area contributed by atoms with Gasteiger partial charge in [-0.2, -0.15) is 10.1 Å². The van der Waals surface area contributed by atoms with Crippen LogP contribution in [0.25, 0.3) is 22.3 Å². The average Bonchev–Trinajstić information content (AvgIpc) is 3.30. The van der Waals surface area contributed by atoms with Crippen molar-refractivity contribution in [2.75, 3.05) is 19.5 Å². The summed E-state index contributed by atoms with van der Waals surface area (Å²) in [4.78, 5) is 24.4. The van der Waals surface area contributed by atoms with Crippen LogP contribution in [0.5, 0.6) is 11.8 Å². The molecule has 4 aromatic rings. The molecule has 0 unspecified atom stereocenters. The first kappa shape index (κ1) is 18.5. The number of rotatable bonds is 5. The van der Waals surface area contributed by atoms with E-state index < -0.39 is 0 Å². The summed E-state index contributed by atoms with van der Waals surface area (Å²) in [6.45, 7) is 3.72. The maximum Gasteiger partial charge on any atom is 0.276 e. The molecule has 4 heterocycles. The topological polar surface area (TPSA) is 118 Å². The largest absolute Gasteiger partial charge is 0.481 e. The number of aromatic amines is 2. The number of hydrogen-bond donors (Lipinski definition) is 3. The lowest BCUT2D eigenvalue weighted by Crippen LogP contribution is -2.13. The lowest BCUT2D eigenvalue weighted by atomic mass is 10.2. The maximum absolute atomic E-state index is 12.5. The number of carbonyl (C=O) groups is 1. The fourth-order valence-corrected chi connectivity index (χ4v) is 3.02. The lowest BCUT2D eigenvalue weighted by molar-refractivity contribution is 0.102. The van der Waals surface area contributed by atoms with Gasteiger partial charge in [0, 0.05) is 22.7 Å². The van der Waals surface area contributed by atoms with Crippen molar-refractivity contribution in [3.63, 3.8) is 0 Å². The molecule has 0 atom stereocenters. The highest BCUT2D eigenvalue weighted by Crippen LogP contribution is 2.32. The molecule has 0 bridgehead atoms. The summed E-state index contributed by atoms with van der Waals surface area (Å²) >= 11 is 0. The van der Waals surface area contributed by atoms with Crippen LogP contribution in [0.1, 0.15) is 21.7 Å². The summed E-state index contributed by atoms with van der Waals surface area (Å²) in [5.41, 5.74) is 4.88. The molecule has 0 saturated carbocycles. The number of nitrogens with zero attached hydrogens (tertiary/aromatic N) is 3. The second-order valence-electron chi connectivity index (χ2n) is 6.53. The molecule has 1 amide bonds. The van der Waals surface area contributed by atoms with Crippen molar-refractivity contribution in [2.45, 2.75) is 13.8 Å². The molecule has 0 fully saturated rings. The highest BCUT2D eigenvalue weighted by molar-refractivity contribution is 6.04. The molecule has 0 aliphatic carbocycles. The molecule has 148 valence electrons. The van der Waals surface area contributed by atoms with Crippen LogP contribution in [0.3, 0.4) is 0 Å². The van der Waals surface area contributed by atoms with Gasteiger partial charge in [0.1, 0.15) is 5.65 Å². The molecule has 0 aliphatic rings. The first-order valence-corrected chi connectivity index (χ1v) is 8.91. The van der Waals surface area contributed by atoms with E-state index in [0.717, 1.165) is 27.9 Å². The van der Waals surface area contributed by atoms with E-state index in [1.807, 2.05) is 32.0 Å². The smallest absolute Gasteiger partial charge is 0.276 e. The summed E-state index contributed by atoms with van der Waals surface area (Å²) in [5, 5.41) is 10.5. The van der Waals surface area contributed by atoms with E-state index in [9.17, 15) is 4.79 Å². The van der Waals surface area contributed by atoms with Gasteiger partial charge in [0.15, 0.2) is 5.69 Å². The van der Waals surface area contributed by atoms with Gasteiger partial charge in [-0.3, -0.25) is 9.89 Å². The number of ether oxygens (including phenoxy) is 2. The van der Waals surface area contributed by atoms with E-state index in [1.165, 1.54) is 0 Å². The number of pyridine rings is 2. The third-order valence-electron chi connectivity index (χ3n) is 4.72. The molecular weight excluding hydrogens is 372 g/mol. The molecule has 0 radical (unpaired) electrons. The van der Waals surface area contributed by atoms with Crippen LogP contribution in [0.4, 0.5) is 5.69 Å². The third-order valence-corrected chi connectivity index (χ3v) is 4.72. The van der Waals surface area contributed by atoms with Gasteiger partial charge in [-0.05, 0) is 32.0 Å². The fraction of sp³-hybridized carbons (Fsp3) is 0.200. The number of nitrogens with one attached hydrogen (secondary N) is 3. The Kier molecular flexibility index (Phi) is 4.63.